The van der Waals surface area contributed by atoms with E-state index in [1.807, 2.05) is 24.3 Å². The second kappa shape index (κ2) is 9.58. The zero-order valence-electron chi connectivity index (χ0n) is 14.1. The van der Waals surface area contributed by atoms with E-state index in [4.69, 9.17) is 16.3 Å². The number of ether oxygens (including phenoxy) is 1. The van der Waals surface area contributed by atoms with Gasteiger partial charge in [0.2, 0.25) is 10.0 Å². The molecule has 24 heavy (non-hydrogen) atoms. The monoisotopic (exact) mass is 375 g/mol. The van der Waals surface area contributed by atoms with Gasteiger partial charge >= 0.3 is 0 Å². The van der Waals surface area contributed by atoms with E-state index in [0.29, 0.717) is 18.2 Å². The molecule has 0 bridgehead atoms. The van der Waals surface area contributed by atoms with Crippen molar-refractivity contribution in [2.24, 2.45) is 0 Å². The van der Waals surface area contributed by atoms with Crippen molar-refractivity contribution in [3.05, 3.63) is 29.3 Å². The van der Waals surface area contributed by atoms with Crippen LogP contribution >= 0.6 is 11.6 Å². The third-order valence-electron chi connectivity index (χ3n) is 3.97. The molecule has 1 fully saturated rings. The fourth-order valence-electron chi connectivity index (χ4n) is 2.62. The molecule has 8 heteroatoms. The fourth-order valence-corrected chi connectivity index (χ4v) is 3.26. The Kier molecular flexibility index (Phi) is 7.77. The molecule has 1 aromatic rings. The molecule has 6 nitrogen and oxygen atoms in total. The number of halogens is 1. The summed E-state index contributed by atoms with van der Waals surface area (Å²) in [6.45, 7) is 7.07. The summed E-state index contributed by atoms with van der Waals surface area (Å²) in [6, 6.07) is 7.41. The van der Waals surface area contributed by atoms with Gasteiger partial charge in [-0.05, 0) is 37.2 Å². The van der Waals surface area contributed by atoms with Crippen LogP contribution in [-0.4, -0.2) is 76.9 Å². The topological polar surface area (TPSA) is 61.9 Å². The molecule has 0 aromatic heterocycles. The van der Waals surface area contributed by atoms with Crippen LogP contribution in [0.15, 0.2) is 24.3 Å². The van der Waals surface area contributed by atoms with Gasteiger partial charge in [-0.2, -0.15) is 0 Å². The molecule has 1 heterocycles. The number of nitrogens with one attached hydrogen (secondary N) is 1. The Balaban J connectivity index is 1.55. The molecule has 0 aliphatic carbocycles. The molecule has 0 spiro atoms. The van der Waals surface area contributed by atoms with Gasteiger partial charge in [0.1, 0.15) is 12.4 Å². The lowest BCUT2D eigenvalue weighted by Gasteiger charge is -2.34. The fraction of sp³-hybridized carbons (Fsp3) is 0.625. The maximum Gasteiger partial charge on any atom is 0.208 e. The highest BCUT2D eigenvalue weighted by molar-refractivity contribution is 7.88. The first-order valence-corrected chi connectivity index (χ1v) is 10.5. The van der Waals surface area contributed by atoms with E-state index in [2.05, 4.69) is 14.5 Å². The van der Waals surface area contributed by atoms with Gasteiger partial charge in [-0.15, -0.1) is 0 Å². The average molecular weight is 376 g/mol. The maximum atomic E-state index is 11.0. The van der Waals surface area contributed by atoms with Gasteiger partial charge in [-0.25, -0.2) is 13.1 Å². The van der Waals surface area contributed by atoms with Crippen LogP contribution in [0.3, 0.4) is 0 Å². The van der Waals surface area contributed by atoms with Crippen LogP contribution in [0.25, 0.3) is 0 Å². The molecule has 1 saturated heterocycles. The first kappa shape index (κ1) is 19.5. The minimum atomic E-state index is -3.07. The molecule has 1 aromatic carbocycles. The Labute approximate surface area is 149 Å². The summed E-state index contributed by atoms with van der Waals surface area (Å²) in [4.78, 5) is 4.77. The number of benzene rings is 1. The Morgan fingerprint density at radius 3 is 2.25 bits per heavy atom. The molecular weight excluding hydrogens is 350 g/mol. The second-order valence-electron chi connectivity index (χ2n) is 6.01. The Hall–Kier alpha value is -0.860. The van der Waals surface area contributed by atoms with Crippen molar-refractivity contribution in [3.8, 4) is 5.75 Å². The number of piperazine rings is 1. The van der Waals surface area contributed by atoms with Crippen LogP contribution in [0.5, 0.6) is 5.75 Å². The molecule has 1 aliphatic heterocycles. The predicted molar refractivity (Wildman–Crippen MR) is 97.3 cm³/mol. The molecule has 0 saturated carbocycles. The largest absolute Gasteiger partial charge is 0.492 e. The number of sulfonamides is 1. The molecule has 1 aliphatic rings. The first-order chi connectivity index (χ1) is 11.4. The Morgan fingerprint density at radius 2 is 1.67 bits per heavy atom. The number of rotatable bonds is 9. The van der Waals surface area contributed by atoms with Crippen LogP contribution in [-0.2, 0) is 10.0 Å². The quantitative estimate of drug-likeness (QED) is 0.659. The molecule has 1 N–H and O–H groups in total. The minimum absolute atomic E-state index is 0.508. The van der Waals surface area contributed by atoms with E-state index in [1.165, 1.54) is 6.26 Å². The van der Waals surface area contributed by atoms with Crippen molar-refractivity contribution in [1.82, 2.24) is 14.5 Å². The van der Waals surface area contributed by atoms with Crippen LogP contribution in [0.4, 0.5) is 0 Å². The van der Waals surface area contributed by atoms with Gasteiger partial charge < -0.3 is 9.64 Å². The molecule has 2 rings (SSSR count). The highest BCUT2D eigenvalue weighted by Gasteiger charge is 2.16. The molecule has 0 radical (unpaired) electrons. The van der Waals surface area contributed by atoms with E-state index >= 15 is 0 Å². The summed E-state index contributed by atoms with van der Waals surface area (Å²) in [6.07, 6.45) is 2.03. The number of hydrogen-bond acceptors (Lipinski definition) is 5. The zero-order chi connectivity index (χ0) is 17.4. The van der Waals surface area contributed by atoms with Gasteiger partial charge in [0, 0.05) is 44.3 Å². The van der Waals surface area contributed by atoms with E-state index in [0.717, 1.165) is 51.4 Å². The van der Waals surface area contributed by atoms with Crippen molar-refractivity contribution in [1.29, 1.82) is 0 Å². The van der Waals surface area contributed by atoms with Gasteiger partial charge in [-0.3, -0.25) is 4.90 Å². The molecule has 136 valence electrons. The first-order valence-electron chi connectivity index (χ1n) is 8.20. The van der Waals surface area contributed by atoms with Crippen LogP contribution < -0.4 is 9.46 Å². The molecule has 0 atom stereocenters. The Morgan fingerprint density at radius 1 is 1.08 bits per heavy atom. The van der Waals surface area contributed by atoms with Crippen LogP contribution in [0.2, 0.25) is 5.02 Å². The van der Waals surface area contributed by atoms with Crippen molar-refractivity contribution < 1.29 is 13.2 Å². The van der Waals surface area contributed by atoms with E-state index in [1.54, 1.807) is 0 Å². The second-order valence-corrected chi connectivity index (χ2v) is 8.28. The van der Waals surface area contributed by atoms with Gasteiger partial charge in [0.25, 0.3) is 0 Å². The lowest BCUT2D eigenvalue weighted by molar-refractivity contribution is 0.116. The molecule has 0 unspecified atom stereocenters. The lowest BCUT2D eigenvalue weighted by atomic mass is 10.3. The standard InChI is InChI=1S/C16H26ClN3O3S/c1-24(21,22)18-7-2-8-19-9-11-20(12-10-19)13-14-23-16-5-3-15(17)4-6-16/h3-6,18H,2,7-14H2,1H3. The predicted octanol–water partition coefficient (Wildman–Crippen LogP) is 1.28. The maximum absolute atomic E-state index is 11.0. The normalized spacial score (nSPS) is 17.1. The minimum Gasteiger partial charge on any atom is -0.492 e. The Bertz CT molecular complexity index is 587. The van der Waals surface area contributed by atoms with Gasteiger partial charge in [0.05, 0.1) is 6.26 Å². The highest BCUT2D eigenvalue weighted by atomic mass is 35.5. The van der Waals surface area contributed by atoms with Gasteiger partial charge in [0.15, 0.2) is 0 Å². The smallest absolute Gasteiger partial charge is 0.208 e. The SMILES string of the molecule is CS(=O)(=O)NCCCN1CCN(CCOc2ccc(Cl)cc2)CC1. The summed E-state index contributed by atoms with van der Waals surface area (Å²) < 4.78 is 30.2. The third kappa shape index (κ3) is 7.81. The van der Waals surface area contributed by atoms with Crippen LogP contribution in [0, 0.1) is 0 Å². The summed E-state index contributed by atoms with van der Waals surface area (Å²) >= 11 is 5.85. The van der Waals surface area contributed by atoms with Crippen molar-refractivity contribution in [2.45, 2.75) is 6.42 Å². The van der Waals surface area contributed by atoms with Crippen molar-refractivity contribution in [3.63, 3.8) is 0 Å². The van der Waals surface area contributed by atoms with Crippen molar-refractivity contribution in [2.75, 3.05) is 58.7 Å². The summed E-state index contributed by atoms with van der Waals surface area (Å²) in [5, 5.41) is 0.713. The van der Waals surface area contributed by atoms with Gasteiger partial charge in [-0.1, -0.05) is 11.6 Å². The lowest BCUT2D eigenvalue weighted by Crippen LogP contribution is -2.47. The van der Waals surface area contributed by atoms with Crippen molar-refractivity contribution >= 4 is 21.6 Å². The summed E-state index contributed by atoms with van der Waals surface area (Å²) in [5.74, 6) is 0.844. The number of nitrogens with zero attached hydrogens (tertiary/aromatic N) is 2. The number of hydrogen-bond donors (Lipinski definition) is 1. The highest BCUT2D eigenvalue weighted by Crippen LogP contribution is 2.15. The van der Waals surface area contributed by atoms with E-state index in [9.17, 15) is 8.42 Å². The summed E-state index contributed by atoms with van der Waals surface area (Å²) in [5.41, 5.74) is 0. The third-order valence-corrected chi connectivity index (χ3v) is 4.95. The molecular formula is C16H26ClN3O3S. The summed E-state index contributed by atoms with van der Waals surface area (Å²) in [7, 11) is -3.07. The zero-order valence-corrected chi connectivity index (χ0v) is 15.7. The van der Waals surface area contributed by atoms with E-state index < -0.39 is 10.0 Å². The van der Waals surface area contributed by atoms with Crippen LogP contribution in [0.1, 0.15) is 6.42 Å². The molecule has 0 amide bonds. The average Bonchev–Trinajstić information content (AvgIpc) is 2.54. The van der Waals surface area contributed by atoms with E-state index in [-0.39, 0.29) is 0 Å².